The van der Waals surface area contributed by atoms with Crippen LogP contribution < -0.4 is 21.3 Å². The Hall–Kier alpha value is -4.18. The van der Waals surface area contributed by atoms with E-state index in [9.17, 15) is 19.2 Å². The van der Waals surface area contributed by atoms with Crippen LogP contribution in [0.4, 0.5) is 0 Å². The first-order valence-corrected chi connectivity index (χ1v) is 19.3. The number of amides is 1. The summed E-state index contributed by atoms with van der Waals surface area (Å²) in [7, 11) is 0.0951. The Labute approximate surface area is 312 Å². The van der Waals surface area contributed by atoms with Crippen molar-refractivity contribution < 1.29 is 28.1 Å². The van der Waals surface area contributed by atoms with Crippen molar-refractivity contribution in [3.05, 3.63) is 80.6 Å². The molecule has 1 aromatic heterocycles. The molecule has 0 bridgehead atoms. The summed E-state index contributed by atoms with van der Waals surface area (Å²) in [4.78, 5) is 53.5. The number of fused-ring (bicyclic) bond motifs is 1. The molecule has 53 heavy (non-hydrogen) atoms. The van der Waals surface area contributed by atoms with Crippen LogP contribution in [-0.2, 0) is 23.4 Å². The molecule has 2 N–H and O–H groups in total. The van der Waals surface area contributed by atoms with Gasteiger partial charge in [-0.05, 0) is 75.1 Å². The number of rotatable bonds is 19. The molecule has 4 rings (SSSR count). The third-order valence-electron chi connectivity index (χ3n) is 9.14. The van der Waals surface area contributed by atoms with Crippen molar-refractivity contribution in [2.24, 2.45) is 0 Å². The van der Waals surface area contributed by atoms with Gasteiger partial charge in [0.1, 0.15) is 17.8 Å². The van der Waals surface area contributed by atoms with E-state index >= 15 is 0 Å². The average Bonchev–Trinajstić information content (AvgIpc) is 3.54. The molecule has 1 fully saturated rings. The second kappa shape index (κ2) is 19.8. The highest BCUT2D eigenvalue weighted by molar-refractivity contribution is 7.44. The van der Waals surface area contributed by atoms with Gasteiger partial charge in [0.25, 0.3) is 14.1 Å². The molecule has 286 valence electrons. The fourth-order valence-electron chi connectivity index (χ4n) is 6.33. The summed E-state index contributed by atoms with van der Waals surface area (Å²) >= 11 is 0. The van der Waals surface area contributed by atoms with Crippen LogP contribution in [0.25, 0.3) is 16.8 Å². The third-order valence-corrected chi connectivity index (χ3v) is 11.3. The molecule has 2 heterocycles. The second-order valence-corrected chi connectivity index (χ2v) is 15.0. The predicted octanol–water partition coefficient (Wildman–Crippen LogP) is 6.34. The number of Topliss-reactive ketones (excluding diaryl/α,β-unsaturated/α-hetero) is 1. The van der Waals surface area contributed by atoms with Crippen LogP contribution in [0, 0.1) is 11.3 Å². The van der Waals surface area contributed by atoms with Crippen molar-refractivity contribution in [1.82, 2.24) is 19.5 Å². The first-order valence-electron chi connectivity index (χ1n) is 18.2. The van der Waals surface area contributed by atoms with Crippen LogP contribution in [0.2, 0.25) is 0 Å². The van der Waals surface area contributed by atoms with Gasteiger partial charge in [0.15, 0.2) is 0 Å². The zero-order valence-corrected chi connectivity index (χ0v) is 32.6. The van der Waals surface area contributed by atoms with Crippen LogP contribution >= 0.6 is 8.53 Å². The monoisotopic (exact) mass is 749 g/mol. The average molecular weight is 750 g/mol. The molecule has 1 aliphatic rings. The molecule has 1 saturated heterocycles. The van der Waals surface area contributed by atoms with Crippen LogP contribution in [-0.4, -0.2) is 70.5 Å². The lowest BCUT2D eigenvalue weighted by Gasteiger charge is -2.37. The zero-order chi connectivity index (χ0) is 38.7. The van der Waals surface area contributed by atoms with Crippen LogP contribution in [0.3, 0.4) is 0 Å². The number of ketones is 1. The quantitative estimate of drug-likeness (QED) is 0.0803. The molecule has 1 aliphatic heterocycles. The minimum absolute atomic E-state index is 0.0730. The molecule has 0 saturated carbocycles. The Kier molecular flexibility index (Phi) is 15.5. The summed E-state index contributed by atoms with van der Waals surface area (Å²) in [5.41, 5.74) is -0.248. The molecule has 5 atom stereocenters. The highest BCUT2D eigenvalue weighted by Gasteiger charge is 2.40. The van der Waals surface area contributed by atoms with E-state index < -0.39 is 38.0 Å². The van der Waals surface area contributed by atoms with E-state index in [0.717, 1.165) is 22.1 Å². The van der Waals surface area contributed by atoms with E-state index in [1.54, 1.807) is 7.11 Å². The molecule has 0 spiro atoms. The van der Waals surface area contributed by atoms with Crippen LogP contribution in [0.5, 0.6) is 5.75 Å². The van der Waals surface area contributed by atoms with Crippen molar-refractivity contribution in [1.29, 1.82) is 5.26 Å². The maximum Gasteiger partial charge on any atom is 0.330 e. The van der Waals surface area contributed by atoms with Gasteiger partial charge in [0, 0.05) is 49.7 Å². The zero-order valence-electron chi connectivity index (χ0n) is 31.7. The Morgan fingerprint density at radius 2 is 1.85 bits per heavy atom. The van der Waals surface area contributed by atoms with Crippen molar-refractivity contribution in [3.8, 4) is 11.8 Å². The first-order chi connectivity index (χ1) is 25.4. The van der Waals surface area contributed by atoms with Gasteiger partial charge in [-0.3, -0.25) is 23.9 Å². The summed E-state index contributed by atoms with van der Waals surface area (Å²) in [5.74, 6) is 0.118. The lowest BCUT2D eigenvalue weighted by atomic mass is 9.92. The SMILES string of the molecule is CC[C@H]1O[C@@H](n2cc(/C=C/C(=O)NCCCC(=O)[C@@H](C)c3ccc4cc(OC)ccc4c3)c(=O)[nH]c2=O)CC1OP(OCCC#N)N(C(C)C)C(C)C. The van der Waals surface area contributed by atoms with Gasteiger partial charge >= 0.3 is 5.69 Å². The van der Waals surface area contributed by atoms with Crippen LogP contribution in [0.15, 0.2) is 58.3 Å². The van der Waals surface area contributed by atoms with Crippen molar-refractivity contribution in [2.75, 3.05) is 20.3 Å². The number of benzene rings is 2. The van der Waals surface area contributed by atoms with Gasteiger partial charge in [-0.2, -0.15) is 5.26 Å². The van der Waals surface area contributed by atoms with Gasteiger partial charge in [-0.1, -0.05) is 38.1 Å². The summed E-state index contributed by atoms with van der Waals surface area (Å²) in [6.45, 7) is 12.6. The number of carbonyl (C=O) groups is 2. The number of hydrogen-bond donors (Lipinski definition) is 2. The molecule has 2 unspecified atom stereocenters. The molecule has 3 aromatic rings. The Balaban J connectivity index is 1.34. The summed E-state index contributed by atoms with van der Waals surface area (Å²) in [6.07, 6.45) is 4.39. The van der Waals surface area contributed by atoms with Gasteiger partial charge in [0.2, 0.25) is 5.91 Å². The Bertz CT molecular complexity index is 1890. The standard InChI is InChI=1S/C39H52N5O8P/c1-8-34-35(52-53(50-20-10-18-40)44(25(2)3)26(4)5)23-37(51-34)43-24-31(38(47)42-39(43)48)15-17-36(46)41-19-9-11-33(45)27(6)28-12-13-30-22-32(49-7)16-14-29(30)21-28/h12-17,21-22,24-27,34-35,37H,8-11,19-20,23H2,1-7H3,(H,41,46)(H,42,47,48)/b17-15+/t27-,34+,35?,37+,53?/m0/s1. The Morgan fingerprint density at radius 1 is 1.13 bits per heavy atom. The second-order valence-electron chi connectivity index (χ2n) is 13.6. The number of aromatic nitrogens is 2. The highest BCUT2D eigenvalue weighted by atomic mass is 31.2. The molecule has 13 nitrogen and oxygen atoms in total. The van der Waals surface area contributed by atoms with E-state index in [4.69, 9.17) is 23.8 Å². The predicted molar refractivity (Wildman–Crippen MR) is 205 cm³/mol. The first kappa shape index (κ1) is 41.6. The van der Waals surface area contributed by atoms with Gasteiger partial charge in [-0.15, -0.1) is 0 Å². The fraction of sp³-hybridized carbons (Fsp3) is 0.513. The minimum Gasteiger partial charge on any atom is -0.497 e. The smallest absolute Gasteiger partial charge is 0.330 e. The van der Waals surface area contributed by atoms with Gasteiger partial charge < -0.3 is 23.8 Å². The number of carbonyl (C=O) groups excluding carboxylic acids is 2. The highest BCUT2D eigenvalue weighted by Crippen LogP contribution is 2.50. The van der Waals surface area contributed by atoms with Crippen molar-refractivity contribution >= 4 is 37.1 Å². The molecule has 0 aliphatic carbocycles. The summed E-state index contributed by atoms with van der Waals surface area (Å²) in [6, 6.07) is 14.1. The van der Waals surface area contributed by atoms with Crippen molar-refractivity contribution in [2.45, 2.75) is 110 Å². The number of hydrogen-bond acceptors (Lipinski definition) is 10. The number of nitrogens with zero attached hydrogens (tertiary/aromatic N) is 3. The maximum atomic E-state index is 12.9. The largest absolute Gasteiger partial charge is 0.497 e. The lowest BCUT2D eigenvalue weighted by Crippen LogP contribution is -2.35. The number of methoxy groups -OCH3 is 1. The molecule has 14 heteroatoms. The maximum absolute atomic E-state index is 12.9. The number of H-pyrrole nitrogens is 1. The van der Waals surface area contributed by atoms with E-state index in [-0.39, 0.29) is 55.0 Å². The van der Waals surface area contributed by atoms with E-state index in [2.05, 4.69) is 48.7 Å². The van der Waals surface area contributed by atoms with E-state index in [0.29, 0.717) is 25.7 Å². The topological polar surface area (TPSA) is 165 Å². The fourth-order valence-corrected chi connectivity index (χ4v) is 8.09. The number of nitriles is 1. The number of nitrogens with one attached hydrogen (secondary N) is 2. The summed E-state index contributed by atoms with van der Waals surface area (Å²) < 4.78 is 27.6. The molecule has 2 aromatic carbocycles. The third kappa shape index (κ3) is 11.2. The number of aromatic amines is 1. The normalized spacial score (nSPS) is 18.5. The van der Waals surface area contributed by atoms with Gasteiger partial charge in [-0.25, -0.2) is 9.46 Å². The van der Waals surface area contributed by atoms with E-state index in [1.165, 1.54) is 22.9 Å². The molecule has 0 radical (unpaired) electrons. The van der Waals surface area contributed by atoms with Gasteiger partial charge in [0.05, 0.1) is 44.0 Å². The Morgan fingerprint density at radius 3 is 2.53 bits per heavy atom. The van der Waals surface area contributed by atoms with Crippen molar-refractivity contribution in [3.63, 3.8) is 0 Å². The summed E-state index contributed by atoms with van der Waals surface area (Å²) in [5, 5.41) is 13.9. The van der Waals surface area contributed by atoms with Crippen LogP contribution in [0.1, 0.15) is 96.9 Å². The lowest BCUT2D eigenvalue weighted by molar-refractivity contribution is -0.120. The molecular formula is C39H52N5O8P. The number of ether oxygens (including phenoxy) is 2. The molecular weight excluding hydrogens is 697 g/mol. The van der Waals surface area contributed by atoms with E-state index in [1.807, 2.05) is 50.2 Å². The minimum atomic E-state index is -1.53. The molecule has 1 amide bonds.